The molecule has 0 fully saturated rings. The molecule has 0 amide bonds. The van der Waals surface area contributed by atoms with Crippen molar-refractivity contribution in [2.45, 2.75) is 39.7 Å². The maximum Gasteiger partial charge on any atom is 0.0732 e. The Balaban J connectivity index is 2.34. The third kappa shape index (κ3) is 2.50. The summed E-state index contributed by atoms with van der Waals surface area (Å²) in [4.78, 5) is 4.21. The Morgan fingerprint density at radius 3 is 2.75 bits per heavy atom. The molecule has 1 N–H and O–H groups in total. The van der Waals surface area contributed by atoms with Crippen molar-refractivity contribution in [2.24, 2.45) is 5.41 Å². The summed E-state index contributed by atoms with van der Waals surface area (Å²) in [6, 6.07) is 2.13. The summed E-state index contributed by atoms with van der Waals surface area (Å²) in [6.45, 7) is 6.44. The summed E-state index contributed by atoms with van der Waals surface area (Å²) in [5.41, 5.74) is 3.70. The van der Waals surface area contributed by atoms with E-state index >= 15 is 0 Å². The Morgan fingerprint density at radius 1 is 1.38 bits per heavy atom. The quantitative estimate of drug-likeness (QED) is 0.784. The van der Waals surface area contributed by atoms with Gasteiger partial charge in [-0.3, -0.25) is 4.98 Å². The molecule has 0 aromatic carbocycles. The Labute approximate surface area is 97.0 Å². The smallest absolute Gasteiger partial charge is 0.0732 e. The summed E-state index contributed by atoms with van der Waals surface area (Å²) < 4.78 is 0. The molecule has 1 heterocycles. The summed E-state index contributed by atoms with van der Waals surface area (Å²) in [6.07, 6.45) is 7.24. The largest absolute Gasteiger partial charge is 0.389 e. The SMILES string of the molecule is Cc1cncc(C2=CC(O)CC(C)(C)C2)c1. The van der Waals surface area contributed by atoms with Crippen molar-refractivity contribution in [2.75, 3.05) is 0 Å². The number of allylic oxidation sites excluding steroid dienone is 1. The molecule has 0 spiro atoms. The molecule has 1 aromatic heterocycles. The number of pyridine rings is 1. The number of aliphatic hydroxyl groups excluding tert-OH is 1. The first-order valence-electron chi connectivity index (χ1n) is 5.77. The number of aromatic nitrogens is 1. The molecule has 1 aliphatic carbocycles. The van der Waals surface area contributed by atoms with E-state index in [4.69, 9.17) is 0 Å². The van der Waals surface area contributed by atoms with Gasteiger partial charge in [0, 0.05) is 12.4 Å². The maximum absolute atomic E-state index is 9.85. The fraction of sp³-hybridized carbons (Fsp3) is 0.500. The minimum absolute atomic E-state index is 0.174. The van der Waals surface area contributed by atoms with Crippen LogP contribution in [-0.2, 0) is 0 Å². The van der Waals surface area contributed by atoms with Gasteiger partial charge in [0.2, 0.25) is 0 Å². The van der Waals surface area contributed by atoms with E-state index in [2.05, 4.69) is 24.9 Å². The fourth-order valence-corrected chi connectivity index (χ4v) is 2.43. The minimum Gasteiger partial charge on any atom is -0.389 e. The number of hydrogen-bond acceptors (Lipinski definition) is 2. The van der Waals surface area contributed by atoms with Crippen LogP contribution in [0, 0.1) is 12.3 Å². The molecule has 0 saturated heterocycles. The van der Waals surface area contributed by atoms with Crippen LogP contribution in [0.5, 0.6) is 0 Å². The number of nitrogens with zero attached hydrogens (tertiary/aromatic N) is 1. The van der Waals surface area contributed by atoms with Crippen LogP contribution in [0.2, 0.25) is 0 Å². The van der Waals surface area contributed by atoms with E-state index in [1.807, 2.05) is 25.4 Å². The number of aryl methyl sites for hydroxylation is 1. The van der Waals surface area contributed by atoms with Crippen molar-refractivity contribution >= 4 is 5.57 Å². The summed E-state index contributed by atoms with van der Waals surface area (Å²) in [5, 5.41) is 9.85. The molecule has 0 aliphatic heterocycles. The molecule has 1 aromatic rings. The zero-order valence-corrected chi connectivity index (χ0v) is 10.2. The molecule has 1 unspecified atom stereocenters. The Hall–Kier alpha value is -1.15. The molecule has 2 nitrogen and oxygen atoms in total. The van der Waals surface area contributed by atoms with E-state index in [-0.39, 0.29) is 11.5 Å². The third-order valence-corrected chi connectivity index (χ3v) is 3.07. The lowest BCUT2D eigenvalue weighted by atomic mass is 9.75. The van der Waals surface area contributed by atoms with Gasteiger partial charge in [0.15, 0.2) is 0 Å². The molecule has 1 aliphatic rings. The third-order valence-electron chi connectivity index (χ3n) is 3.07. The highest BCUT2D eigenvalue weighted by Crippen LogP contribution is 2.39. The summed E-state index contributed by atoms with van der Waals surface area (Å²) in [5.74, 6) is 0. The zero-order valence-electron chi connectivity index (χ0n) is 10.2. The van der Waals surface area contributed by atoms with Crippen molar-refractivity contribution in [3.8, 4) is 0 Å². The fourth-order valence-electron chi connectivity index (χ4n) is 2.43. The molecule has 0 bridgehead atoms. The zero-order chi connectivity index (χ0) is 11.8. The molecule has 16 heavy (non-hydrogen) atoms. The minimum atomic E-state index is -0.320. The maximum atomic E-state index is 9.85. The van der Waals surface area contributed by atoms with Crippen LogP contribution in [0.1, 0.15) is 37.8 Å². The topological polar surface area (TPSA) is 33.1 Å². The number of aliphatic hydroxyl groups is 1. The predicted molar refractivity (Wildman–Crippen MR) is 66.0 cm³/mol. The molecule has 1 atom stereocenters. The predicted octanol–water partition coefficient (Wildman–Crippen LogP) is 2.95. The second-order valence-corrected chi connectivity index (χ2v) is 5.56. The van der Waals surface area contributed by atoms with Crippen molar-refractivity contribution in [3.63, 3.8) is 0 Å². The molecule has 86 valence electrons. The Kier molecular flexibility index (Phi) is 2.85. The standard InChI is InChI=1S/C14H19NO/c1-10-4-12(9-15-8-10)11-5-13(16)7-14(2,3)6-11/h4-5,8-9,13,16H,6-7H2,1-3H3. The van der Waals surface area contributed by atoms with Crippen molar-refractivity contribution in [1.29, 1.82) is 0 Å². The second-order valence-electron chi connectivity index (χ2n) is 5.56. The van der Waals surface area contributed by atoms with Crippen molar-refractivity contribution < 1.29 is 5.11 Å². The van der Waals surface area contributed by atoms with Gasteiger partial charge in [-0.2, -0.15) is 0 Å². The van der Waals surface area contributed by atoms with Gasteiger partial charge in [-0.25, -0.2) is 0 Å². The highest BCUT2D eigenvalue weighted by atomic mass is 16.3. The molecular weight excluding hydrogens is 198 g/mol. The first kappa shape index (κ1) is 11.3. The normalized spacial score (nSPS) is 24.0. The van der Waals surface area contributed by atoms with E-state index in [0.29, 0.717) is 0 Å². The highest BCUT2D eigenvalue weighted by molar-refractivity contribution is 5.67. The van der Waals surface area contributed by atoms with Crippen LogP contribution >= 0.6 is 0 Å². The van der Waals surface area contributed by atoms with E-state index in [9.17, 15) is 5.11 Å². The molecule has 0 saturated carbocycles. The van der Waals surface area contributed by atoms with Crippen LogP contribution in [-0.4, -0.2) is 16.2 Å². The lowest BCUT2D eigenvalue weighted by Gasteiger charge is -2.32. The first-order chi connectivity index (χ1) is 7.46. The van der Waals surface area contributed by atoms with Crippen LogP contribution in [0.25, 0.3) is 5.57 Å². The molecule has 2 rings (SSSR count). The van der Waals surface area contributed by atoms with Gasteiger partial charge in [0.05, 0.1) is 6.10 Å². The van der Waals surface area contributed by atoms with Crippen molar-refractivity contribution in [3.05, 3.63) is 35.7 Å². The van der Waals surface area contributed by atoms with Crippen LogP contribution in [0.3, 0.4) is 0 Å². The van der Waals surface area contributed by atoms with E-state index < -0.39 is 0 Å². The van der Waals surface area contributed by atoms with Gasteiger partial charge < -0.3 is 5.11 Å². The van der Waals surface area contributed by atoms with Gasteiger partial charge in [-0.15, -0.1) is 0 Å². The van der Waals surface area contributed by atoms with E-state index in [0.717, 1.165) is 24.0 Å². The monoisotopic (exact) mass is 217 g/mol. The van der Waals surface area contributed by atoms with Crippen LogP contribution in [0.15, 0.2) is 24.5 Å². The number of hydrogen-bond donors (Lipinski definition) is 1. The van der Waals surface area contributed by atoms with Crippen molar-refractivity contribution in [1.82, 2.24) is 4.98 Å². The average molecular weight is 217 g/mol. The van der Waals surface area contributed by atoms with Gasteiger partial charge in [0.1, 0.15) is 0 Å². The Morgan fingerprint density at radius 2 is 2.12 bits per heavy atom. The summed E-state index contributed by atoms with van der Waals surface area (Å²) in [7, 11) is 0. The van der Waals surface area contributed by atoms with Gasteiger partial charge >= 0.3 is 0 Å². The van der Waals surface area contributed by atoms with Crippen LogP contribution in [0.4, 0.5) is 0 Å². The van der Waals surface area contributed by atoms with Gasteiger partial charge in [-0.05, 0) is 47.9 Å². The lowest BCUT2D eigenvalue weighted by Crippen LogP contribution is -2.24. The average Bonchev–Trinajstić information content (AvgIpc) is 2.14. The van der Waals surface area contributed by atoms with Gasteiger partial charge in [-0.1, -0.05) is 19.9 Å². The molecule has 0 radical (unpaired) electrons. The van der Waals surface area contributed by atoms with Crippen LogP contribution < -0.4 is 0 Å². The summed E-state index contributed by atoms with van der Waals surface area (Å²) >= 11 is 0. The Bertz CT molecular complexity index is 420. The highest BCUT2D eigenvalue weighted by Gasteiger charge is 2.28. The molecule has 2 heteroatoms. The first-order valence-corrected chi connectivity index (χ1v) is 5.77. The lowest BCUT2D eigenvalue weighted by molar-refractivity contribution is 0.146. The molecular formula is C14H19NO. The second kappa shape index (κ2) is 4.02. The van der Waals surface area contributed by atoms with E-state index in [1.54, 1.807) is 0 Å². The van der Waals surface area contributed by atoms with E-state index in [1.165, 1.54) is 5.57 Å². The number of rotatable bonds is 1. The van der Waals surface area contributed by atoms with Gasteiger partial charge in [0.25, 0.3) is 0 Å².